The summed E-state index contributed by atoms with van der Waals surface area (Å²) < 4.78 is 0. The number of aromatic nitrogens is 4. The van der Waals surface area contributed by atoms with Gasteiger partial charge in [-0.25, -0.2) is 15.0 Å². The van der Waals surface area contributed by atoms with Crippen LogP contribution in [0.3, 0.4) is 0 Å². The first-order valence-electron chi connectivity index (χ1n) is 13.9. The van der Waals surface area contributed by atoms with Gasteiger partial charge in [-0.05, 0) is 63.7 Å². The molecule has 0 saturated heterocycles. The van der Waals surface area contributed by atoms with E-state index in [1.165, 1.54) is 0 Å². The zero-order valence-corrected chi connectivity index (χ0v) is 22.8. The van der Waals surface area contributed by atoms with E-state index >= 15 is 0 Å². The highest BCUT2D eigenvalue weighted by molar-refractivity contribution is 5.81. The van der Waals surface area contributed by atoms with Crippen molar-refractivity contribution in [3.05, 3.63) is 158 Å². The minimum atomic E-state index is 0.634. The van der Waals surface area contributed by atoms with E-state index in [2.05, 4.69) is 71.7 Å². The highest BCUT2D eigenvalue weighted by atomic mass is 15.0. The average Bonchev–Trinajstić information content (AvgIpc) is 3.09. The molecule has 0 fully saturated rings. The van der Waals surface area contributed by atoms with Gasteiger partial charge in [-0.3, -0.25) is 4.98 Å². The fourth-order valence-corrected chi connectivity index (χ4v) is 5.06. The van der Waals surface area contributed by atoms with Crippen LogP contribution in [0.15, 0.2) is 158 Å². The zero-order chi connectivity index (χ0) is 28.1. The van der Waals surface area contributed by atoms with Gasteiger partial charge < -0.3 is 0 Å². The van der Waals surface area contributed by atoms with E-state index in [9.17, 15) is 0 Å². The Kier molecular flexibility index (Phi) is 6.85. The molecule has 0 saturated carbocycles. The largest absolute Gasteiger partial charge is 0.265 e. The highest BCUT2D eigenvalue weighted by Crippen LogP contribution is 2.34. The Bertz CT molecular complexity index is 1880. The van der Waals surface area contributed by atoms with Gasteiger partial charge in [0.05, 0.1) is 0 Å². The molecule has 4 heteroatoms. The van der Waals surface area contributed by atoms with Crippen LogP contribution in [-0.2, 0) is 0 Å². The monoisotopic (exact) mass is 538 g/mol. The Morgan fingerprint density at radius 3 is 1.07 bits per heavy atom. The van der Waals surface area contributed by atoms with Gasteiger partial charge in [-0.2, -0.15) is 0 Å². The Hall–Kier alpha value is -5.74. The molecule has 7 rings (SSSR count). The summed E-state index contributed by atoms with van der Waals surface area (Å²) in [7, 11) is 0. The third-order valence-electron chi connectivity index (χ3n) is 7.23. The Morgan fingerprint density at radius 2 is 0.595 bits per heavy atom. The quantitative estimate of drug-likeness (QED) is 0.212. The minimum Gasteiger partial charge on any atom is -0.265 e. The maximum atomic E-state index is 4.99. The second-order valence-electron chi connectivity index (χ2n) is 10.0. The number of pyridine rings is 1. The lowest BCUT2D eigenvalue weighted by atomic mass is 9.94. The molecule has 5 aromatic carbocycles. The lowest BCUT2D eigenvalue weighted by Crippen LogP contribution is -2.00. The van der Waals surface area contributed by atoms with E-state index in [-0.39, 0.29) is 0 Å². The van der Waals surface area contributed by atoms with Crippen molar-refractivity contribution < 1.29 is 0 Å². The summed E-state index contributed by atoms with van der Waals surface area (Å²) in [5.41, 5.74) is 9.57. The fourth-order valence-electron chi connectivity index (χ4n) is 5.06. The second kappa shape index (κ2) is 11.4. The number of hydrogen-bond acceptors (Lipinski definition) is 4. The molecule has 0 bridgehead atoms. The van der Waals surface area contributed by atoms with Crippen molar-refractivity contribution in [1.29, 1.82) is 0 Å². The van der Waals surface area contributed by atoms with Crippen molar-refractivity contribution in [2.45, 2.75) is 0 Å². The van der Waals surface area contributed by atoms with Gasteiger partial charge in [0, 0.05) is 29.1 Å². The van der Waals surface area contributed by atoms with Gasteiger partial charge in [0.2, 0.25) is 0 Å². The van der Waals surface area contributed by atoms with Crippen molar-refractivity contribution in [3.63, 3.8) is 0 Å². The molecule has 198 valence electrons. The third kappa shape index (κ3) is 5.34. The van der Waals surface area contributed by atoms with E-state index in [0.717, 1.165) is 50.1 Å². The van der Waals surface area contributed by atoms with Crippen LogP contribution in [0.2, 0.25) is 0 Å². The van der Waals surface area contributed by atoms with Crippen LogP contribution >= 0.6 is 0 Å². The maximum absolute atomic E-state index is 4.99. The van der Waals surface area contributed by atoms with Crippen LogP contribution < -0.4 is 0 Å². The molecular weight excluding hydrogens is 512 g/mol. The molecule has 0 spiro atoms. The highest BCUT2D eigenvalue weighted by Gasteiger charge is 2.15. The maximum Gasteiger partial charge on any atom is 0.164 e. The third-order valence-corrected chi connectivity index (χ3v) is 7.23. The predicted molar refractivity (Wildman–Crippen MR) is 170 cm³/mol. The first kappa shape index (κ1) is 25.2. The number of nitrogens with zero attached hydrogens (tertiary/aromatic N) is 4. The van der Waals surface area contributed by atoms with Crippen molar-refractivity contribution >= 4 is 0 Å². The standard InChI is InChI=1S/C38H26N4/c1-4-10-27(11-5-1)33-24-34(29-18-16-28(17-19-29)30-20-22-39-23-21-30)26-35(25-33)38-41-36(31-12-6-2-7-13-31)40-37(42-38)32-14-8-3-9-15-32/h1-26H. The van der Waals surface area contributed by atoms with Crippen LogP contribution in [-0.4, -0.2) is 19.9 Å². The van der Waals surface area contributed by atoms with Gasteiger partial charge in [0.25, 0.3) is 0 Å². The summed E-state index contributed by atoms with van der Waals surface area (Å²) in [5, 5.41) is 0. The Balaban J connectivity index is 1.39. The summed E-state index contributed by atoms with van der Waals surface area (Å²) in [6, 6.07) is 49.9. The molecule has 4 nitrogen and oxygen atoms in total. The summed E-state index contributed by atoms with van der Waals surface area (Å²) in [6.07, 6.45) is 3.64. The molecule has 0 radical (unpaired) electrons. The van der Waals surface area contributed by atoms with Gasteiger partial charge in [0.1, 0.15) is 0 Å². The van der Waals surface area contributed by atoms with E-state index < -0.39 is 0 Å². The van der Waals surface area contributed by atoms with Crippen LogP contribution in [0.25, 0.3) is 67.5 Å². The van der Waals surface area contributed by atoms with Gasteiger partial charge in [0.15, 0.2) is 17.5 Å². The number of rotatable bonds is 6. The Morgan fingerprint density at radius 1 is 0.262 bits per heavy atom. The molecule has 7 aromatic rings. The zero-order valence-electron chi connectivity index (χ0n) is 22.8. The van der Waals surface area contributed by atoms with Gasteiger partial charge in [-0.15, -0.1) is 0 Å². The first-order chi connectivity index (χ1) is 20.8. The van der Waals surface area contributed by atoms with E-state index in [1.807, 2.05) is 91.3 Å². The summed E-state index contributed by atoms with van der Waals surface area (Å²) >= 11 is 0. The molecule has 0 aliphatic carbocycles. The SMILES string of the molecule is c1ccc(-c2cc(-c3ccc(-c4ccncc4)cc3)cc(-c3nc(-c4ccccc4)nc(-c4ccccc4)n3)c2)cc1. The van der Waals surface area contributed by atoms with Crippen molar-refractivity contribution in [2.75, 3.05) is 0 Å². The van der Waals surface area contributed by atoms with E-state index in [0.29, 0.717) is 17.5 Å². The molecule has 0 unspecified atom stereocenters. The van der Waals surface area contributed by atoms with Crippen LogP contribution in [0.1, 0.15) is 0 Å². The lowest BCUT2D eigenvalue weighted by molar-refractivity contribution is 1.07. The Labute approximate surface area is 245 Å². The summed E-state index contributed by atoms with van der Waals surface area (Å²) in [5.74, 6) is 1.93. The average molecular weight is 539 g/mol. The van der Waals surface area contributed by atoms with Crippen LogP contribution in [0.5, 0.6) is 0 Å². The molecule has 0 amide bonds. The lowest BCUT2D eigenvalue weighted by Gasteiger charge is -2.13. The molecule has 0 aliphatic rings. The molecule has 0 N–H and O–H groups in total. The molecule has 2 aromatic heterocycles. The van der Waals surface area contributed by atoms with E-state index in [4.69, 9.17) is 15.0 Å². The smallest absolute Gasteiger partial charge is 0.164 e. The van der Waals surface area contributed by atoms with Gasteiger partial charge >= 0.3 is 0 Å². The number of benzene rings is 5. The minimum absolute atomic E-state index is 0.634. The second-order valence-corrected chi connectivity index (χ2v) is 10.0. The first-order valence-corrected chi connectivity index (χ1v) is 13.9. The van der Waals surface area contributed by atoms with Crippen molar-refractivity contribution in [3.8, 4) is 67.5 Å². The molecule has 2 heterocycles. The van der Waals surface area contributed by atoms with Crippen molar-refractivity contribution in [1.82, 2.24) is 19.9 Å². The number of hydrogen-bond donors (Lipinski definition) is 0. The van der Waals surface area contributed by atoms with Crippen LogP contribution in [0.4, 0.5) is 0 Å². The molecule has 0 aliphatic heterocycles. The van der Waals surface area contributed by atoms with Crippen LogP contribution in [0, 0.1) is 0 Å². The van der Waals surface area contributed by atoms with E-state index in [1.54, 1.807) is 0 Å². The van der Waals surface area contributed by atoms with Gasteiger partial charge in [-0.1, -0.05) is 115 Å². The topological polar surface area (TPSA) is 51.6 Å². The van der Waals surface area contributed by atoms with Crippen molar-refractivity contribution in [2.24, 2.45) is 0 Å². The fraction of sp³-hybridized carbons (Fsp3) is 0. The summed E-state index contributed by atoms with van der Waals surface area (Å²) in [6.45, 7) is 0. The predicted octanol–water partition coefficient (Wildman–Crippen LogP) is 9.27. The molecular formula is C38H26N4. The normalized spacial score (nSPS) is 10.9. The molecule has 0 atom stereocenters. The summed E-state index contributed by atoms with van der Waals surface area (Å²) in [4.78, 5) is 19.0. The molecule has 42 heavy (non-hydrogen) atoms.